The van der Waals surface area contributed by atoms with Crippen molar-refractivity contribution in [1.82, 2.24) is 9.78 Å². The minimum atomic E-state index is 0.168. The highest BCUT2D eigenvalue weighted by atomic mass is 16.5. The van der Waals surface area contributed by atoms with Crippen molar-refractivity contribution in [2.24, 2.45) is 7.05 Å². The van der Waals surface area contributed by atoms with Crippen LogP contribution >= 0.6 is 0 Å². The van der Waals surface area contributed by atoms with Crippen LogP contribution in [0.4, 0.5) is 5.82 Å². The number of nitrogen functional groups attached to an aromatic ring is 1. The number of aryl methyl sites for hydroxylation is 2. The highest BCUT2D eigenvalue weighted by Crippen LogP contribution is 2.40. The van der Waals surface area contributed by atoms with Gasteiger partial charge in [-0.15, -0.1) is 0 Å². The van der Waals surface area contributed by atoms with Gasteiger partial charge in [-0.1, -0.05) is 0 Å². The SMILES string of the molecule is COc1c(C)c(-c2cnn(C)c2N)cc(C)c1O. The molecule has 2 rings (SSSR count). The molecule has 0 atom stereocenters. The lowest BCUT2D eigenvalue weighted by molar-refractivity contribution is 0.369. The van der Waals surface area contributed by atoms with Gasteiger partial charge < -0.3 is 15.6 Å². The zero-order valence-electron chi connectivity index (χ0n) is 11.0. The minimum Gasteiger partial charge on any atom is -0.504 e. The number of phenols is 1. The van der Waals surface area contributed by atoms with E-state index in [1.807, 2.05) is 19.9 Å². The predicted octanol–water partition coefficient (Wildman–Crippen LogP) is 2.00. The fourth-order valence-corrected chi connectivity index (χ4v) is 2.06. The molecule has 0 amide bonds. The molecule has 0 saturated carbocycles. The van der Waals surface area contributed by atoms with Crippen LogP contribution in [0.2, 0.25) is 0 Å². The lowest BCUT2D eigenvalue weighted by atomic mass is 9.98. The highest BCUT2D eigenvalue weighted by Gasteiger charge is 2.17. The second kappa shape index (κ2) is 4.25. The van der Waals surface area contributed by atoms with Gasteiger partial charge in [-0.25, -0.2) is 0 Å². The first-order valence-corrected chi connectivity index (χ1v) is 5.62. The van der Waals surface area contributed by atoms with E-state index in [-0.39, 0.29) is 5.75 Å². The van der Waals surface area contributed by atoms with Gasteiger partial charge in [-0.05, 0) is 31.0 Å². The Bertz CT molecular complexity index is 603. The van der Waals surface area contributed by atoms with E-state index in [2.05, 4.69) is 5.10 Å². The molecule has 0 aliphatic heterocycles. The summed E-state index contributed by atoms with van der Waals surface area (Å²) in [5.41, 5.74) is 9.34. The third kappa shape index (κ3) is 1.68. The summed E-state index contributed by atoms with van der Waals surface area (Å²) in [6.07, 6.45) is 1.72. The van der Waals surface area contributed by atoms with Crippen LogP contribution in [-0.4, -0.2) is 22.0 Å². The van der Waals surface area contributed by atoms with Crippen molar-refractivity contribution in [1.29, 1.82) is 0 Å². The number of phenolic OH excluding ortho intramolecular Hbond substituents is 1. The van der Waals surface area contributed by atoms with Gasteiger partial charge >= 0.3 is 0 Å². The number of anilines is 1. The Kier molecular flexibility index (Phi) is 2.90. The van der Waals surface area contributed by atoms with Gasteiger partial charge in [0.05, 0.1) is 13.3 Å². The summed E-state index contributed by atoms with van der Waals surface area (Å²) in [6, 6.07) is 1.89. The number of hydrogen-bond acceptors (Lipinski definition) is 4. The molecule has 5 nitrogen and oxygen atoms in total. The maximum atomic E-state index is 9.95. The van der Waals surface area contributed by atoms with Gasteiger partial charge in [0.25, 0.3) is 0 Å². The zero-order valence-corrected chi connectivity index (χ0v) is 11.0. The number of ether oxygens (including phenoxy) is 1. The number of hydrogen-bond donors (Lipinski definition) is 2. The third-order valence-electron chi connectivity index (χ3n) is 3.17. The van der Waals surface area contributed by atoms with Crippen molar-refractivity contribution in [2.75, 3.05) is 12.8 Å². The number of nitrogens with two attached hydrogens (primary N) is 1. The van der Waals surface area contributed by atoms with E-state index in [1.165, 1.54) is 7.11 Å². The summed E-state index contributed by atoms with van der Waals surface area (Å²) in [5.74, 6) is 1.24. The highest BCUT2D eigenvalue weighted by molar-refractivity contribution is 5.79. The molecule has 96 valence electrons. The Hall–Kier alpha value is -2.17. The molecule has 2 aromatic rings. The van der Waals surface area contributed by atoms with Gasteiger partial charge in [-0.2, -0.15) is 5.10 Å². The topological polar surface area (TPSA) is 73.3 Å². The van der Waals surface area contributed by atoms with Crippen LogP contribution in [0.5, 0.6) is 11.5 Å². The maximum Gasteiger partial charge on any atom is 0.164 e. The van der Waals surface area contributed by atoms with Gasteiger partial charge in [0.15, 0.2) is 11.5 Å². The van der Waals surface area contributed by atoms with Crippen LogP contribution in [0, 0.1) is 13.8 Å². The van der Waals surface area contributed by atoms with E-state index in [0.29, 0.717) is 11.6 Å². The minimum absolute atomic E-state index is 0.168. The first-order valence-electron chi connectivity index (χ1n) is 5.62. The maximum absolute atomic E-state index is 9.95. The Labute approximate surface area is 106 Å². The fraction of sp³-hybridized carbons (Fsp3) is 0.308. The summed E-state index contributed by atoms with van der Waals surface area (Å²) >= 11 is 0. The number of aromatic nitrogens is 2. The Morgan fingerprint density at radius 3 is 2.50 bits per heavy atom. The number of aromatic hydroxyl groups is 1. The number of rotatable bonds is 2. The molecule has 18 heavy (non-hydrogen) atoms. The number of benzene rings is 1. The summed E-state index contributed by atoms with van der Waals surface area (Å²) in [7, 11) is 3.33. The third-order valence-corrected chi connectivity index (χ3v) is 3.17. The molecule has 1 heterocycles. The molecule has 0 aliphatic carbocycles. The van der Waals surface area contributed by atoms with Gasteiger partial charge in [0.1, 0.15) is 5.82 Å². The zero-order chi connectivity index (χ0) is 13.4. The van der Waals surface area contributed by atoms with Crippen LogP contribution in [-0.2, 0) is 7.05 Å². The summed E-state index contributed by atoms with van der Waals surface area (Å²) in [6.45, 7) is 3.72. The number of methoxy groups -OCH3 is 1. The molecular weight excluding hydrogens is 230 g/mol. The van der Waals surface area contributed by atoms with E-state index >= 15 is 0 Å². The van der Waals surface area contributed by atoms with E-state index < -0.39 is 0 Å². The fourth-order valence-electron chi connectivity index (χ4n) is 2.06. The quantitative estimate of drug-likeness (QED) is 0.851. The molecule has 5 heteroatoms. The molecule has 0 spiro atoms. The van der Waals surface area contributed by atoms with E-state index in [4.69, 9.17) is 10.5 Å². The molecule has 0 saturated heterocycles. The second-order valence-electron chi connectivity index (χ2n) is 4.31. The molecular formula is C13H17N3O2. The van der Waals surface area contributed by atoms with Crippen molar-refractivity contribution >= 4 is 5.82 Å². The molecule has 0 radical (unpaired) electrons. The second-order valence-corrected chi connectivity index (χ2v) is 4.31. The first kappa shape index (κ1) is 12.3. The van der Waals surface area contributed by atoms with Crippen LogP contribution in [0.3, 0.4) is 0 Å². The first-order chi connectivity index (χ1) is 8.47. The van der Waals surface area contributed by atoms with E-state index in [1.54, 1.807) is 17.9 Å². The molecule has 0 fully saturated rings. The van der Waals surface area contributed by atoms with Gasteiger partial charge in [-0.3, -0.25) is 4.68 Å². The van der Waals surface area contributed by atoms with Crippen LogP contribution in [0.25, 0.3) is 11.1 Å². The van der Waals surface area contributed by atoms with Crippen molar-refractivity contribution in [2.45, 2.75) is 13.8 Å². The van der Waals surface area contributed by atoms with E-state index in [0.717, 1.165) is 22.3 Å². The standard InChI is InChI=1S/C13H17N3O2/c1-7-5-9(8(2)12(18-4)11(7)17)10-6-15-16(3)13(10)14/h5-6,17H,14H2,1-4H3. The summed E-state index contributed by atoms with van der Waals surface area (Å²) in [4.78, 5) is 0. The molecule has 0 unspecified atom stereocenters. The molecule has 3 N–H and O–H groups in total. The summed E-state index contributed by atoms with van der Waals surface area (Å²) < 4.78 is 6.86. The van der Waals surface area contributed by atoms with Crippen molar-refractivity contribution in [3.05, 3.63) is 23.4 Å². The normalized spacial score (nSPS) is 10.7. The molecule has 1 aromatic carbocycles. The molecule has 0 bridgehead atoms. The van der Waals surface area contributed by atoms with Gasteiger partial charge in [0, 0.05) is 18.2 Å². The lowest BCUT2D eigenvalue weighted by Gasteiger charge is -2.14. The molecule has 1 aromatic heterocycles. The van der Waals surface area contributed by atoms with E-state index in [9.17, 15) is 5.11 Å². The smallest absolute Gasteiger partial charge is 0.164 e. The average Bonchev–Trinajstić information content (AvgIpc) is 2.66. The van der Waals surface area contributed by atoms with Crippen LogP contribution in [0.15, 0.2) is 12.3 Å². The van der Waals surface area contributed by atoms with Crippen molar-refractivity contribution in [3.8, 4) is 22.6 Å². The monoisotopic (exact) mass is 247 g/mol. The molecule has 0 aliphatic rings. The number of nitrogens with zero attached hydrogens (tertiary/aromatic N) is 2. The summed E-state index contributed by atoms with van der Waals surface area (Å²) in [5, 5.41) is 14.1. The Balaban J connectivity index is 2.73. The van der Waals surface area contributed by atoms with Crippen molar-refractivity contribution < 1.29 is 9.84 Å². The van der Waals surface area contributed by atoms with Crippen LogP contribution in [0.1, 0.15) is 11.1 Å². The van der Waals surface area contributed by atoms with Crippen LogP contribution < -0.4 is 10.5 Å². The van der Waals surface area contributed by atoms with Gasteiger partial charge in [0.2, 0.25) is 0 Å². The predicted molar refractivity (Wildman–Crippen MR) is 70.7 cm³/mol. The van der Waals surface area contributed by atoms with Crippen molar-refractivity contribution in [3.63, 3.8) is 0 Å². The Morgan fingerprint density at radius 1 is 1.33 bits per heavy atom. The average molecular weight is 247 g/mol. The largest absolute Gasteiger partial charge is 0.504 e. The lowest BCUT2D eigenvalue weighted by Crippen LogP contribution is -1.99. The Morgan fingerprint density at radius 2 is 2.00 bits per heavy atom.